The molecule has 2 rings (SSSR count). The fourth-order valence-corrected chi connectivity index (χ4v) is 2.87. The van der Waals surface area contributed by atoms with Gasteiger partial charge in [-0.15, -0.1) is 0 Å². The van der Waals surface area contributed by atoms with Gasteiger partial charge in [-0.2, -0.15) is 46.5 Å². The Morgan fingerprint density at radius 3 is 1.21 bits per heavy atom. The second kappa shape index (κ2) is 22.1. The van der Waals surface area contributed by atoms with Gasteiger partial charge in [-0.1, -0.05) is 79.1 Å². The summed E-state index contributed by atoms with van der Waals surface area (Å²) in [5, 5.41) is 0. The minimum Gasteiger partial charge on any atom is -1.00 e. The molecule has 28 heavy (non-hydrogen) atoms. The largest absolute Gasteiger partial charge is 1.00 e. The Labute approximate surface area is 203 Å². The maximum Gasteiger partial charge on any atom is -1.00 e. The summed E-state index contributed by atoms with van der Waals surface area (Å²) in [7, 11) is 0. The zero-order valence-corrected chi connectivity index (χ0v) is 23.8. The van der Waals surface area contributed by atoms with Gasteiger partial charge in [0.05, 0.1) is 0 Å². The van der Waals surface area contributed by atoms with E-state index < -0.39 is 0 Å². The number of halogens is 2. The van der Waals surface area contributed by atoms with E-state index in [1.807, 2.05) is 0 Å². The molecule has 0 aromatic heterocycles. The Hall–Kier alpha value is 0.380. The van der Waals surface area contributed by atoms with Gasteiger partial charge in [0, 0.05) is 0 Å². The van der Waals surface area contributed by atoms with Crippen molar-refractivity contribution >= 4 is 5.43 Å². The van der Waals surface area contributed by atoms with Gasteiger partial charge < -0.3 is 24.8 Å². The van der Waals surface area contributed by atoms with Crippen LogP contribution in [0.4, 0.5) is 0 Å². The van der Waals surface area contributed by atoms with E-state index in [-0.39, 0.29) is 30.2 Å². The van der Waals surface area contributed by atoms with E-state index in [1.165, 1.54) is 73.6 Å². The Morgan fingerprint density at radius 2 is 0.964 bits per heavy atom. The molecule has 0 aliphatic heterocycles. The molecule has 0 amide bonds. The molecule has 0 fully saturated rings. The van der Waals surface area contributed by atoms with Crippen LogP contribution in [0, 0.1) is 0 Å². The minimum absolute atomic E-state index is 0. The van der Waals surface area contributed by atoms with Crippen molar-refractivity contribution in [2.24, 2.45) is 0 Å². The van der Waals surface area contributed by atoms with E-state index >= 15 is 0 Å². The second-order valence-electron chi connectivity index (χ2n) is 7.26. The number of hydrogen-bond acceptors (Lipinski definition) is 0. The first-order valence-electron chi connectivity index (χ1n) is 10.5. The zero-order valence-electron chi connectivity index (χ0n) is 18.9. The van der Waals surface area contributed by atoms with E-state index in [1.54, 1.807) is 23.3 Å². The molecule has 0 radical (unpaired) electrons. The van der Waals surface area contributed by atoms with Crippen LogP contribution < -0.4 is 24.8 Å². The van der Waals surface area contributed by atoms with Gasteiger partial charge >= 0.3 is 41.9 Å². The molecule has 0 aliphatic carbocycles. The molecule has 0 saturated heterocycles. The third-order valence-electron chi connectivity index (χ3n) is 3.92. The van der Waals surface area contributed by atoms with Crippen LogP contribution in [0.3, 0.4) is 0 Å². The van der Waals surface area contributed by atoms with Crippen LogP contribution in [0.1, 0.15) is 75.6 Å². The summed E-state index contributed by atoms with van der Waals surface area (Å²) in [5.74, 6) is 0. The molecule has 0 spiro atoms. The molecule has 2 aromatic carbocycles. The van der Waals surface area contributed by atoms with E-state index in [9.17, 15) is 0 Å². The van der Waals surface area contributed by atoms with Crippen molar-refractivity contribution in [3.05, 3.63) is 58.7 Å². The van der Waals surface area contributed by atoms with E-state index in [0.717, 1.165) is 0 Å². The van der Waals surface area contributed by atoms with E-state index in [0.29, 0.717) is 0 Å². The summed E-state index contributed by atoms with van der Waals surface area (Å²) in [6.07, 6.45) is 10.00. The summed E-state index contributed by atoms with van der Waals surface area (Å²) < 4.78 is 0. The summed E-state index contributed by atoms with van der Waals surface area (Å²) in [6.45, 7) is 13.5. The van der Waals surface area contributed by atoms with Crippen molar-refractivity contribution in [2.45, 2.75) is 92.2 Å². The maximum absolute atomic E-state index is 2.34. The quantitative estimate of drug-likeness (QED) is 0.366. The SMILES string of the molecule is CCCc1c[cH-]c(CCC)c1.CCCc1c[cH-]c(CCC)c1.C[Si](C)=[Zr+2].[Cl-].[Cl-]. The average molecular weight is 519 g/mol. The Kier molecular flexibility index (Phi) is 26.0. The predicted molar refractivity (Wildman–Crippen MR) is 118 cm³/mol. The molecule has 0 bridgehead atoms. The van der Waals surface area contributed by atoms with Gasteiger partial charge in [0.1, 0.15) is 0 Å². The van der Waals surface area contributed by atoms with Crippen molar-refractivity contribution in [2.75, 3.05) is 0 Å². The molecule has 0 aliphatic rings. The van der Waals surface area contributed by atoms with Crippen molar-refractivity contribution < 1.29 is 48.1 Å². The van der Waals surface area contributed by atoms with Crippen molar-refractivity contribution in [3.63, 3.8) is 0 Å². The number of aryl methyl sites for hydroxylation is 4. The van der Waals surface area contributed by atoms with Crippen LogP contribution in [0.25, 0.3) is 0 Å². The maximum atomic E-state index is 2.34. The summed E-state index contributed by atoms with van der Waals surface area (Å²) in [4.78, 5) is 0. The fourth-order valence-electron chi connectivity index (χ4n) is 2.87. The summed E-state index contributed by atoms with van der Waals surface area (Å²) in [5.41, 5.74) is 6.25. The van der Waals surface area contributed by atoms with Crippen LogP contribution in [0.15, 0.2) is 36.4 Å². The van der Waals surface area contributed by atoms with E-state index in [4.69, 9.17) is 0 Å². The van der Waals surface area contributed by atoms with Crippen LogP contribution in [-0.4, -0.2) is 5.43 Å². The van der Waals surface area contributed by atoms with Crippen molar-refractivity contribution in [1.29, 1.82) is 0 Å². The molecule has 0 heterocycles. The Balaban J connectivity index is -0.000000355. The van der Waals surface area contributed by atoms with Gasteiger partial charge in [0.25, 0.3) is 0 Å². The second-order valence-corrected chi connectivity index (χ2v) is 16.6. The van der Waals surface area contributed by atoms with Crippen LogP contribution in [0.5, 0.6) is 0 Å². The number of rotatable bonds is 8. The zero-order chi connectivity index (χ0) is 19.8. The third kappa shape index (κ3) is 18.4. The molecule has 4 heteroatoms. The summed E-state index contributed by atoms with van der Waals surface area (Å²) >= 11 is 1.74. The van der Waals surface area contributed by atoms with Crippen LogP contribution in [-0.2, 0) is 49.0 Å². The van der Waals surface area contributed by atoms with Crippen molar-refractivity contribution in [3.8, 4) is 0 Å². The van der Waals surface area contributed by atoms with Gasteiger partial charge in [-0.3, -0.25) is 0 Å². The fraction of sp³-hybridized carbons (Fsp3) is 0.583. The van der Waals surface area contributed by atoms with Gasteiger partial charge in [-0.25, -0.2) is 12.1 Å². The Morgan fingerprint density at radius 1 is 0.679 bits per heavy atom. The van der Waals surface area contributed by atoms with Crippen molar-refractivity contribution in [1.82, 2.24) is 0 Å². The normalized spacial score (nSPS) is 9.14. The van der Waals surface area contributed by atoms with Gasteiger partial charge in [-0.05, 0) is 0 Å². The Bertz CT molecular complexity index is 496. The topological polar surface area (TPSA) is 0 Å². The molecular formula is C24H40Cl2SiZr-2. The third-order valence-corrected chi connectivity index (χ3v) is 3.92. The monoisotopic (exact) mass is 516 g/mol. The van der Waals surface area contributed by atoms with Crippen LogP contribution in [0.2, 0.25) is 13.1 Å². The molecule has 2 aromatic rings. The molecule has 0 unspecified atom stereocenters. The standard InChI is InChI=1S/2C11H17.C2H6Si.2ClH.Zr/c2*1-3-5-10-7-8-11(9-10)6-4-2;1-3-2;;;/h2*7-9H,3-6H2,1-2H3;1-2H3;2*1H;/q2*-1;;;;+2/p-2. The predicted octanol–water partition coefficient (Wildman–Crippen LogP) is 1.41. The molecule has 0 atom stereocenters. The van der Waals surface area contributed by atoms with Gasteiger partial charge in [0.2, 0.25) is 0 Å². The molecule has 0 saturated carbocycles. The van der Waals surface area contributed by atoms with Gasteiger partial charge in [0.15, 0.2) is 0 Å². The molecule has 0 N–H and O–H groups in total. The van der Waals surface area contributed by atoms with Crippen LogP contribution >= 0.6 is 0 Å². The first-order chi connectivity index (χ1) is 12.5. The smallest absolute Gasteiger partial charge is 1.00 e. The molecule has 160 valence electrons. The molecular weight excluding hydrogens is 478 g/mol. The first-order valence-corrected chi connectivity index (χ1v) is 16.7. The minimum atomic E-state index is 0. The number of hydrogen-bond donors (Lipinski definition) is 0. The molecule has 0 nitrogen and oxygen atoms in total. The summed E-state index contributed by atoms with van der Waals surface area (Å²) in [6, 6.07) is 13.7. The van der Waals surface area contributed by atoms with E-state index in [2.05, 4.69) is 77.2 Å². The first kappa shape index (κ1) is 33.0. The average Bonchev–Trinajstić information content (AvgIpc) is 3.19.